The van der Waals surface area contributed by atoms with Gasteiger partial charge in [0.2, 0.25) is 5.82 Å². The average molecular weight is 305 g/mol. The minimum atomic E-state index is -4.69. The number of anilines is 1. The van der Waals surface area contributed by atoms with Crippen molar-refractivity contribution in [2.24, 2.45) is 11.8 Å². The van der Waals surface area contributed by atoms with Crippen molar-refractivity contribution in [2.75, 3.05) is 18.0 Å². The smallest absolute Gasteiger partial charge is 0.394 e. The molecule has 1 aromatic heterocycles. The molecule has 21 heavy (non-hydrogen) atoms. The highest BCUT2D eigenvalue weighted by atomic mass is 19.4. The lowest BCUT2D eigenvalue weighted by atomic mass is 9.96. The molecule has 1 aromatic rings. The van der Waals surface area contributed by atoms with E-state index in [1.807, 2.05) is 0 Å². The normalized spacial score (nSPS) is 22.3. The number of nitro groups is 1. The summed E-state index contributed by atoms with van der Waals surface area (Å²) in [6.45, 7) is -1.14. The van der Waals surface area contributed by atoms with Crippen LogP contribution in [-0.4, -0.2) is 40.2 Å². The molecule has 0 saturated carbocycles. The fraction of sp³-hybridized carbons (Fsp3) is 0.455. The summed E-state index contributed by atoms with van der Waals surface area (Å²) in [5.74, 6) is -5.60. The number of carboxylic acids is 1. The third-order valence-electron chi connectivity index (χ3n) is 3.32. The highest BCUT2D eigenvalue weighted by molar-refractivity contribution is 5.73. The molecule has 2 heterocycles. The van der Waals surface area contributed by atoms with Crippen molar-refractivity contribution >= 4 is 17.5 Å². The topological polar surface area (TPSA) is 96.6 Å². The van der Waals surface area contributed by atoms with Crippen molar-refractivity contribution in [3.63, 3.8) is 0 Å². The number of carboxylic acid groups (broad SMARTS) is 1. The lowest BCUT2D eigenvalue weighted by Gasteiger charge is -2.18. The van der Waals surface area contributed by atoms with E-state index in [2.05, 4.69) is 4.98 Å². The zero-order valence-electron chi connectivity index (χ0n) is 10.4. The van der Waals surface area contributed by atoms with Gasteiger partial charge in [0.15, 0.2) is 0 Å². The Hall–Kier alpha value is -2.39. The van der Waals surface area contributed by atoms with E-state index in [0.29, 0.717) is 0 Å². The summed E-state index contributed by atoms with van der Waals surface area (Å²) >= 11 is 0. The van der Waals surface area contributed by atoms with Gasteiger partial charge in [-0.05, 0) is 6.07 Å². The van der Waals surface area contributed by atoms with E-state index in [4.69, 9.17) is 5.11 Å². The molecule has 0 radical (unpaired) electrons. The summed E-state index contributed by atoms with van der Waals surface area (Å²) in [5.41, 5.74) is -0.454. The molecule has 2 rings (SSSR count). The molecule has 0 spiro atoms. The molecular formula is C11H10F3N3O4. The number of pyridine rings is 1. The molecule has 1 aliphatic heterocycles. The van der Waals surface area contributed by atoms with Gasteiger partial charge in [0.25, 0.3) is 0 Å². The number of hydrogen-bond donors (Lipinski definition) is 1. The lowest BCUT2D eigenvalue weighted by molar-refractivity contribution is -0.384. The van der Waals surface area contributed by atoms with Crippen molar-refractivity contribution in [1.82, 2.24) is 4.98 Å². The molecule has 0 amide bonds. The summed E-state index contributed by atoms with van der Waals surface area (Å²) in [4.78, 5) is 25.8. The fourth-order valence-electron chi connectivity index (χ4n) is 2.33. The molecule has 10 heteroatoms. The van der Waals surface area contributed by atoms with Crippen LogP contribution in [0.25, 0.3) is 0 Å². The first-order valence-corrected chi connectivity index (χ1v) is 5.85. The van der Waals surface area contributed by atoms with Gasteiger partial charge in [0, 0.05) is 25.4 Å². The van der Waals surface area contributed by atoms with Crippen LogP contribution >= 0.6 is 0 Å². The van der Waals surface area contributed by atoms with Crippen molar-refractivity contribution in [1.29, 1.82) is 0 Å². The Morgan fingerprint density at radius 1 is 1.48 bits per heavy atom. The Balaban J connectivity index is 2.36. The number of aliphatic carboxylic acids is 1. The standard InChI is InChI=1S/C11H10F3N3O4/c12-11(13,14)7-5-16(4-6(7)10(18)19)9-8(17(20)21)2-1-3-15-9/h1-3,6-7H,4-5H2,(H,18,19)/t6-,7-/m1/s1. The molecule has 7 nitrogen and oxygen atoms in total. The van der Waals surface area contributed by atoms with Crippen LogP contribution in [0.4, 0.5) is 24.7 Å². The summed E-state index contributed by atoms with van der Waals surface area (Å²) in [6.07, 6.45) is -3.49. The first-order valence-electron chi connectivity index (χ1n) is 5.85. The van der Waals surface area contributed by atoms with Crippen molar-refractivity contribution < 1.29 is 28.0 Å². The van der Waals surface area contributed by atoms with Crippen LogP contribution in [0.2, 0.25) is 0 Å². The molecule has 1 aliphatic rings. The number of aromatic nitrogens is 1. The third-order valence-corrected chi connectivity index (χ3v) is 3.32. The minimum Gasteiger partial charge on any atom is -0.481 e. The van der Waals surface area contributed by atoms with E-state index in [1.165, 1.54) is 12.3 Å². The fourth-order valence-corrected chi connectivity index (χ4v) is 2.33. The molecule has 0 bridgehead atoms. The molecular weight excluding hydrogens is 295 g/mol. The van der Waals surface area contributed by atoms with Gasteiger partial charge in [-0.25, -0.2) is 4.98 Å². The number of carbonyl (C=O) groups is 1. The van der Waals surface area contributed by atoms with Crippen LogP contribution in [-0.2, 0) is 4.79 Å². The number of alkyl halides is 3. The van der Waals surface area contributed by atoms with E-state index in [-0.39, 0.29) is 5.82 Å². The molecule has 2 atom stereocenters. The Bertz CT molecular complexity index is 578. The Morgan fingerprint density at radius 3 is 2.62 bits per heavy atom. The van der Waals surface area contributed by atoms with Gasteiger partial charge in [-0.15, -0.1) is 0 Å². The van der Waals surface area contributed by atoms with Crippen LogP contribution in [0.15, 0.2) is 18.3 Å². The van der Waals surface area contributed by atoms with Crippen LogP contribution in [0.3, 0.4) is 0 Å². The highest BCUT2D eigenvalue weighted by Crippen LogP contribution is 2.40. The molecule has 0 unspecified atom stereocenters. The molecule has 1 N–H and O–H groups in total. The van der Waals surface area contributed by atoms with Gasteiger partial charge < -0.3 is 10.0 Å². The van der Waals surface area contributed by atoms with E-state index in [9.17, 15) is 28.1 Å². The lowest BCUT2D eigenvalue weighted by Crippen LogP contribution is -2.33. The second-order valence-electron chi connectivity index (χ2n) is 4.60. The van der Waals surface area contributed by atoms with Gasteiger partial charge in [-0.1, -0.05) is 0 Å². The first kappa shape index (κ1) is 15.0. The van der Waals surface area contributed by atoms with Crippen LogP contribution in [0.5, 0.6) is 0 Å². The summed E-state index contributed by atoms with van der Waals surface area (Å²) in [6, 6.07) is 2.40. The van der Waals surface area contributed by atoms with Gasteiger partial charge in [0.1, 0.15) is 0 Å². The summed E-state index contributed by atoms with van der Waals surface area (Å²) in [5, 5.41) is 19.8. The van der Waals surface area contributed by atoms with Gasteiger partial charge in [0.05, 0.1) is 16.8 Å². The SMILES string of the molecule is O=C(O)[C@@H]1CN(c2ncccc2[N+](=O)[O-])C[C@H]1C(F)(F)F. The molecule has 0 aromatic carbocycles. The molecule has 114 valence electrons. The number of nitrogens with zero attached hydrogens (tertiary/aromatic N) is 3. The van der Waals surface area contributed by atoms with Crippen molar-refractivity contribution in [3.05, 3.63) is 28.4 Å². The minimum absolute atomic E-state index is 0.250. The maximum Gasteiger partial charge on any atom is 0.394 e. The zero-order chi connectivity index (χ0) is 15.8. The number of halogens is 3. The monoisotopic (exact) mass is 305 g/mol. The van der Waals surface area contributed by atoms with Crippen LogP contribution < -0.4 is 4.90 Å². The molecule has 1 saturated heterocycles. The summed E-state index contributed by atoms with van der Waals surface area (Å²) in [7, 11) is 0. The van der Waals surface area contributed by atoms with E-state index < -0.39 is 47.7 Å². The Labute approximate surface area is 116 Å². The quantitative estimate of drug-likeness (QED) is 0.674. The van der Waals surface area contributed by atoms with Gasteiger partial charge in [-0.3, -0.25) is 14.9 Å². The van der Waals surface area contributed by atoms with E-state index >= 15 is 0 Å². The first-order chi connectivity index (χ1) is 9.71. The van der Waals surface area contributed by atoms with Crippen molar-refractivity contribution in [2.45, 2.75) is 6.18 Å². The maximum atomic E-state index is 12.9. The van der Waals surface area contributed by atoms with Gasteiger partial charge in [-0.2, -0.15) is 13.2 Å². The van der Waals surface area contributed by atoms with Crippen molar-refractivity contribution in [3.8, 4) is 0 Å². The largest absolute Gasteiger partial charge is 0.481 e. The number of rotatable bonds is 3. The predicted octanol–water partition coefficient (Wildman–Crippen LogP) is 1.69. The predicted molar refractivity (Wildman–Crippen MR) is 63.8 cm³/mol. The Morgan fingerprint density at radius 2 is 2.14 bits per heavy atom. The van der Waals surface area contributed by atoms with Crippen LogP contribution in [0, 0.1) is 22.0 Å². The second-order valence-corrected chi connectivity index (χ2v) is 4.60. The molecule has 1 fully saturated rings. The van der Waals surface area contributed by atoms with E-state index in [1.54, 1.807) is 0 Å². The zero-order valence-corrected chi connectivity index (χ0v) is 10.4. The third kappa shape index (κ3) is 2.88. The second kappa shape index (κ2) is 5.19. The van der Waals surface area contributed by atoms with Crippen LogP contribution in [0.1, 0.15) is 0 Å². The summed E-state index contributed by atoms with van der Waals surface area (Å²) < 4.78 is 38.6. The van der Waals surface area contributed by atoms with E-state index in [0.717, 1.165) is 11.0 Å². The maximum absolute atomic E-state index is 12.9. The number of hydrogen-bond acceptors (Lipinski definition) is 5. The average Bonchev–Trinajstić information content (AvgIpc) is 2.83. The van der Waals surface area contributed by atoms with Gasteiger partial charge >= 0.3 is 17.8 Å². The Kier molecular flexibility index (Phi) is 3.71. The molecule has 0 aliphatic carbocycles. The highest BCUT2D eigenvalue weighted by Gasteiger charge is 2.53.